The molecule has 3 nitrogen and oxygen atoms in total. The molecule has 4 heteroatoms. The first-order valence-corrected chi connectivity index (χ1v) is 4.55. The number of nitrogens with two attached hydrogens (primary N) is 1. The molecule has 0 aliphatic heterocycles. The fraction of sp³-hybridized carbons (Fsp3) is 0.625. The minimum absolute atomic E-state index is 0.391. The molecule has 0 saturated carbocycles. The van der Waals surface area contributed by atoms with Crippen molar-refractivity contribution >= 4 is 11.6 Å². The summed E-state index contributed by atoms with van der Waals surface area (Å²) in [4.78, 5) is 0. The molecule has 1 aromatic rings. The number of halogens is 1. The molecular weight excluding hydrogens is 174 g/mol. The molecule has 1 rings (SSSR count). The summed E-state index contributed by atoms with van der Waals surface area (Å²) in [6, 6.07) is 0.391. The monoisotopic (exact) mass is 187 g/mol. The highest BCUT2D eigenvalue weighted by Gasteiger charge is 2.07. The lowest BCUT2D eigenvalue weighted by molar-refractivity contribution is 0.418. The molecule has 0 aromatic carbocycles. The molecule has 1 heterocycles. The summed E-state index contributed by atoms with van der Waals surface area (Å²) in [5, 5.41) is 4.82. The van der Waals surface area contributed by atoms with Gasteiger partial charge in [0.05, 0.1) is 17.3 Å². The highest BCUT2D eigenvalue weighted by Crippen LogP contribution is 2.16. The number of hydrogen-bond acceptors (Lipinski definition) is 2. The van der Waals surface area contributed by atoms with Crippen molar-refractivity contribution in [3.05, 3.63) is 17.4 Å². The van der Waals surface area contributed by atoms with Crippen molar-refractivity contribution in [3.63, 3.8) is 0 Å². The van der Waals surface area contributed by atoms with Crippen molar-refractivity contribution in [1.29, 1.82) is 0 Å². The van der Waals surface area contributed by atoms with Crippen molar-refractivity contribution in [1.82, 2.24) is 9.78 Å². The van der Waals surface area contributed by atoms with Crippen LogP contribution >= 0.6 is 11.6 Å². The lowest BCUT2D eigenvalue weighted by atomic mass is 10.1. The fourth-order valence-corrected chi connectivity index (χ4v) is 1.37. The summed E-state index contributed by atoms with van der Waals surface area (Å²) in [5.41, 5.74) is 5.48. The van der Waals surface area contributed by atoms with Crippen LogP contribution in [0.3, 0.4) is 0 Å². The van der Waals surface area contributed by atoms with Crippen molar-refractivity contribution in [2.45, 2.75) is 25.8 Å². The van der Waals surface area contributed by atoms with E-state index in [2.05, 4.69) is 12.0 Å². The zero-order chi connectivity index (χ0) is 8.97. The summed E-state index contributed by atoms with van der Waals surface area (Å²) in [6.45, 7) is 2.81. The maximum Gasteiger partial charge on any atom is 0.0785 e. The second kappa shape index (κ2) is 4.48. The zero-order valence-electron chi connectivity index (χ0n) is 7.20. The molecule has 1 unspecified atom stereocenters. The van der Waals surface area contributed by atoms with Crippen molar-refractivity contribution in [2.24, 2.45) is 5.73 Å². The van der Waals surface area contributed by atoms with Crippen LogP contribution in [0.15, 0.2) is 12.4 Å². The fourth-order valence-electron chi connectivity index (χ4n) is 1.23. The topological polar surface area (TPSA) is 43.8 Å². The molecular formula is C8H14ClN3. The van der Waals surface area contributed by atoms with Crippen LogP contribution in [0.5, 0.6) is 0 Å². The summed E-state index contributed by atoms with van der Waals surface area (Å²) < 4.78 is 1.88. The van der Waals surface area contributed by atoms with E-state index >= 15 is 0 Å². The Hall–Kier alpha value is -0.540. The Morgan fingerprint density at radius 3 is 2.92 bits per heavy atom. The van der Waals surface area contributed by atoms with Crippen LogP contribution < -0.4 is 5.73 Å². The Morgan fingerprint density at radius 1 is 1.75 bits per heavy atom. The molecule has 1 atom stereocenters. The normalized spacial score (nSPS) is 13.2. The van der Waals surface area contributed by atoms with Crippen LogP contribution in [-0.2, 0) is 0 Å². The minimum atomic E-state index is 0.391. The van der Waals surface area contributed by atoms with Gasteiger partial charge in [0.25, 0.3) is 0 Å². The molecule has 0 radical (unpaired) electrons. The van der Waals surface area contributed by atoms with Crippen LogP contribution in [0.4, 0.5) is 0 Å². The number of aromatic nitrogens is 2. The number of hydrogen-bond donors (Lipinski definition) is 1. The van der Waals surface area contributed by atoms with Gasteiger partial charge in [-0.25, -0.2) is 0 Å². The Bertz CT molecular complexity index is 234. The third-order valence-electron chi connectivity index (χ3n) is 1.92. The molecule has 0 fully saturated rings. The van der Waals surface area contributed by atoms with Crippen LogP contribution in [-0.4, -0.2) is 16.3 Å². The van der Waals surface area contributed by atoms with E-state index in [1.54, 1.807) is 6.20 Å². The van der Waals surface area contributed by atoms with Gasteiger partial charge < -0.3 is 5.73 Å². The average Bonchev–Trinajstić information content (AvgIpc) is 2.47. The maximum absolute atomic E-state index is 5.75. The third kappa shape index (κ3) is 2.22. The predicted octanol–water partition coefficient (Wildman–Crippen LogP) is 1.84. The van der Waals surface area contributed by atoms with E-state index in [4.69, 9.17) is 17.3 Å². The third-order valence-corrected chi connectivity index (χ3v) is 2.11. The summed E-state index contributed by atoms with van der Waals surface area (Å²) in [6.07, 6.45) is 5.48. The zero-order valence-corrected chi connectivity index (χ0v) is 7.96. The molecule has 0 saturated heterocycles. The second-order valence-electron chi connectivity index (χ2n) is 2.78. The molecule has 0 bridgehead atoms. The Morgan fingerprint density at radius 2 is 2.50 bits per heavy atom. The van der Waals surface area contributed by atoms with E-state index in [1.807, 2.05) is 10.9 Å². The van der Waals surface area contributed by atoms with Crippen LogP contribution in [0, 0.1) is 0 Å². The minimum Gasteiger partial charge on any atom is -0.330 e. The first kappa shape index (κ1) is 9.55. The largest absolute Gasteiger partial charge is 0.330 e. The molecule has 0 aliphatic rings. The molecule has 1 aromatic heterocycles. The Kier molecular flexibility index (Phi) is 3.56. The first-order valence-electron chi connectivity index (χ1n) is 4.17. The van der Waals surface area contributed by atoms with Gasteiger partial charge in [0, 0.05) is 6.20 Å². The van der Waals surface area contributed by atoms with E-state index in [9.17, 15) is 0 Å². The Labute approximate surface area is 77.5 Å². The highest BCUT2D eigenvalue weighted by atomic mass is 35.5. The summed E-state index contributed by atoms with van der Waals surface area (Å²) >= 11 is 5.75. The van der Waals surface area contributed by atoms with Crippen LogP contribution in [0.1, 0.15) is 25.8 Å². The quantitative estimate of drug-likeness (QED) is 0.782. The van der Waals surface area contributed by atoms with Gasteiger partial charge in [0.2, 0.25) is 0 Å². The van der Waals surface area contributed by atoms with Gasteiger partial charge in [-0.3, -0.25) is 4.68 Å². The predicted molar refractivity (Wildman–Crippen MR) is 50.2 cm³/mol. The smallest absolute Gasteiger partial charge is 0.0785 e. The molecule has 12 heavy (non-hydrogen) atoms. The lowest BCUT2D eigenvalue weighted by Gasteiger charge is -2.13. The molecule has 68 valence electrons. The van der Waals surface area contributed by atoms with E-state index in [0.29, 0.717) is 17.6 Å². The van der Waals surface area contributed by atoms with Crippen molar-refractivity contribution in [3.8, 4) is 0 Å². The van der Waals surface area contributed by atoms with E-state index in [1.165, 1.54) is 0 Å². The molecule has 0 spiro atoms. The summed E-state index contributed by atoms with van der Waals surface area (Å²) in [5.74, 6) is 0. The van der Waals surface area contributed by atoms with E-state index < -0.39 is 0 Å². The van der Waals surface area contributed by atoms with Crippen LogP contribution in [0.25, 0.3) is 0 Å². The van der Waals surface area contributed by atoms with E-state index in [-0.39, 0.29) is 0 Å². The van der Waals surface area contributed by atoms with Gasteiger partial charge in [-0.15, -0.1) is 0 Å². The summed E-state index contributed by atoms with van der Waals surface area (Å²) in [7, 11) is 0. The Balaban J connectivity index is 2.66. The lowest BCUT2D eigenvalue weighted by Crippen LogP contribution is -2.13. The highest BCUT2D eigenvalue weighted by molar-refractivity contribution is 6.30. The van der Waals surface area contributed by atoms with Gasteiger partial charge in [0.1, 0.15) is 0 Å². The second-order valence-corrected chi connectivity index (χ2v) is 3.21. The van der Waals surface area contributed by atoms with Gasteiger partial charge in [-0.2, -0.15) is 5.10 Å². The number of nitrogens with zero attached hydrogens (tertiary/aromatic N) is 2. The molecule has 0 aliphatic carbocycles. The van der Waals surface area contributed by atoms with Gasteiger partial charge in [-0.1, -0.05) is 18.5 Å². The van der Waals surface area contributed by atoms with Crippen molar-refractivity contribution < 1.29 is 0 Å². The average molecular weight is 188 g/mol. The van der Waals surface area contributed by atoms with E-state index in [0.717, 1.165) is 12.8 Å². The molecule has 2 N–H and O–H groups in total. The SMILES string of the molecule is CCC(CCN)n1cc(Cl)cn1. The first-order chi connectivity index (χ1) is 5.77. The number of rotatable bonds is 4. The van der Waals surface area contributed by atoms with Gasteiger partial charge in [-0.05, 0) is 19.4 Å². The standard InChI is InChI=1S/C8H14ClN3/c1-2-8(3-4-10)12-6-7(9)5-11-12/h5-6,8H,2-4,10H2,1H3. The maximum atomic E-state index is 5.75. The molecule has 0 amide bonds. The van der Waals surface area contributed by atoms with Gasteiger partial charge in [0.15, 0.2) is 0 Å². The van der Waals surface area contributed by atoms with Crippen molar-refractivity contribution in [2.75, 3.05) is 6.54 Å². The van der Waals surface area contributed by atoms with Crippen LogP contribution in [0.2, 0.25) is 5.02 Å². The van der Waals surface area contributed by atoms with Gasteiger partial charge >= 0.3 is 0 Å².